The van der Waals surface area contributed by atoms with E-state index in [9.17, 15) is 18.0 Å². The summed E-state index contributed by atoms with van der Waals surface area (Å²) >= 11 is 0. The first-order valence-corrected chi connectivity index (χ1v) is 7.23. The number of piperidine rings is 1. The molecular weight excluding hydrogens is 297 g/mol. The Morgan fingerprint density at radius 1 is 1.32 bits per heavy atom. The van der Waals surface area contributed by atoms with Crippen LogP contribution in [0.1, 0.15) is 30.7 Å². The molecule has 0 saturated carbocycles. The summed E-state index contributed by atoms with van der Waals surface area (Å²) < 4.78 is 38.4. The highest BCUT2D eigenvalue weighted by Crippen LogP contribution is 2.41. The third-order valence-corrected chi connectivity index (χ3v) is 4.44. The van der Waals surface area contributed by atoms with Gasteiger partial charge in [-0.05, 0) is 38.3 Å². The normalized spacial score (nSPS) is 21.6. The van der Waals surface area contributed by atoms with Gasteiger partial charge in [0.25, 0.3) is 0 Å². The first kappa shape index (κ1) is 15.2. The van der Waals surface area contributed by atoms with Gasteiger partial charge >= 0.3 is 6.18 Å². The average Bonchev–Trinajstić information content (AvgIpc) is 2.75. The molecule has 1 amide bonds. The predicted octanol–water partition coefficient (Wildman–Crippen LogP) is 1.91. The molecule has 1 aromatic rings. The topological polar surface area (TPSA) is 58.1 Å². The second-order valence-electron chi connectivity index (χ2n) is 6.10. The zero-order valence-electron chi connectivity index (χ0n) is 12.2. The molecule has 0 aliphatic carbocycles. The number of anilines is 1. The van der Waals surface area contributed by atoms with Gasteiger partial charge in [-0.2, -0.15) is 13.2 Å². The van der Waals surface area contributed by atoms with Crippen LogP contribution in [0.2, 0.25) is 0 Å². The maximum atomic E-state index is 12.8. The summed E-state index contributed by atoms with van der Waals surface area (Å²) in [5.41, 5.74) is 0.338. The van der Waals surface area contributed by atoms with Gasteiger partial charge < -0.3 is 5.32 Å². The number of amides is 1. The molecule has 22 heavy (non-hydrogen) atoms. The van der Waals surface area contributed by atoms with E-state index in [2.05, 4.69) is 15.3 Å². The van der Waals surface area contributed by atoms with Crippen LogP contribution in [0.5, 0.6) is 0 Å². The van der Waals surface area contributed by atoms with Crippen molar-refractivity contribution >= 4 is 11.7 Å². The van der Waals surface area contributed by atoms with Crippen molar-refractivity contribution in [1.82, 2.24) is 15.3 Å². The van der Waals surface area contributed by atoms with Crippen molar-refractivity contribution in [2.24, 2.45) is 5.41 Å². The van der Waals surface area contributed by atoms with E-state index in [0.29, 0.717) is 18.5 Å². The fourth-order valence-electron chi connectivity index (χ4n) is 3.22. The van der Waals surface area contributed by atoms with E-state index in [1.54, 1.807) is 6.92 Å². The molecule has 5 nitrogen and oxygen atoms in total. The van der Waals surface area contributed by atoms with Gasteiger partial charge in [0.1, 0.15) is 5.82 Å². The Morgan fingerprint density at radius 3 is 2.64 bits per heavy atom. The highest BCUT2D eigenvalue weighted by molar-refractivity contribution is 5.96. The van der Waals surface area contributed by atoms with Crippen LogP contribution in [0.4, 0.5) is 19.0 Å². The van der Waals surface area contributed by atoms with E-state index in [-0.39, 0.29) is 17.1 Å². The summed E-state index contributed by atoms with van der Waals surface area (Å²) in [4.78, 5) is 20.7. The predicted molar refractivity (Wildman–Crippen MR) is 73.3 cm³/mol. The number of alkyl halides is 3. The molecule has 2 aliphatic heterocycles. The summed E-state index contributed by atoms with van der Waals surface area (Å²) in [5.74, 6) is -1.27. The molecule has 8 heteroatoms. The van der Waals surface area contributed by atoms with Crippen LogP contribution in [0.3, 0.4) is 0 Å². The standard InChI is InChI=1S/C14H17F3N4O/c1-9-7-19-12(14(15,16)17)20-11(9)21-8-13(6-10(21)22)2-4-18-5-3-13/h7,18H,2-6,8H2,1H3. The molecule has 1 aromatic heterocycles. The Balaban J connectivity index is 1.92. The number of hydrogen-bond acceptors (Lipinski definition) is 4. The van der Waals surface area contributed by atoms with E-state index in [1.165, 1.54) is 4.90 Å². The number of aryl methyl sites for hydroxylation is 1. The van der Waals surface area contributed by atoms with Gasteiger partial charge in [-0.3, -0.25) is 9.69 Å². The fraction of sp³-hybridized carbons (Fsp3) is 0.643. The lowest BCUT2D eigenvalue weighted by Gasteiger charge is -2.33. The number of nitrogens with one attached hydrogen (secondary N) is 1. The zero-order chi connectivity index (χ0) is 16.0. The SMILES string of the molecule is Cc1cnc(C(F)(F)F)nc1N1CC2(CCNCC2)CC1=O. The van der Waals surface area contributed by atoms with Gasteiger partial charge in [0.15, 0.2) is 0 Å². The Kier molecular flexibility index (Phi) is 3.58. The van der Waals surface area contributed by atoms with Crippen LogP contribution in [-0.4, -0.2) is 35.5 Å². The molecule has 120 valence electrons. The summed E-state index contributed by atoms with van der Waals surface area (Å²) in [6, 6.07) is 0. The molecule has 0 aromatic carbocycles. The smallest absolute Gasteiger partial charge is 0.317 e. The molecule has 1 N–H and O–H groups in total. The van der Waals surface area contributed by atoms with Crippen LogP contribution in [-0.2, 0) is 11.0 Å². The van der Waals surface area contributed by atoms with Crippen LogP contribution < -0.4 is 10.2 Å². The first-order chi connectivity index (χ1) is 10.3. The molecule has 2 saturated heterocycles. The lowest BCUT2D eigenvalue weighted by Crippen LogP contribution is -2.39. The molecule has 0 bridgehead atoms. The van der Waals surface area contributed by atoms with Crippen molar-refractivity contribution < 1.29 is 18.0 Å². The molecule has 3 heterocycles. The van der Waals surface area contributed by atoms with Gasteiger partial charge in [-0.15, -0.1) is 0 Å². The second-order valence-corrected chi connectivity index (χ2v) is 6.10. The number of rotatable bonds is 1. The minimum Gasteiger partial charge on any atom is -0.317 e. The minimum absolute atomic E-state index is 0.0859. The van der Waals surface area contributed by atoms with E-state index in [4.69, 9.17) is 0 Å². The largest absolute Gasteiger partial charge is 0.451 e. The Morgan fingerprint density at radius 2 is 2.00 bits per heavy atom. The average molecular weight is 314 g/mol. The van der Waals surface area contributed by atoms with Crippen molar-refractivity contribution in [1.29, 1.82) is 0 Å². The lowest BCUT2D eigenvalue weighted by molar-refractivity contribution is -0.145. The van der Waals surface area contributed by atoms with Crippen molar-refractivity contribution in [3.8, 4) is 0 Å². The van der Waals surface area contributed by atoms with Crippen molar-refractivity contribution in [3.63, 3.8) is 0 Å². The molecule has 0 unspecified atom stereocenters. The van der Waals surface area contributed by atoms with Gasteiger partial charge in [0, 0.05) is 24.7 Å². The van der Waals surface area contributed by atoms with Crippen molar-refractivity contribution in [2.75, 3.05) is 24.5 Å². The number of aromatic nitrogens is 2. The summed E-state index contributed by atoms with van der Waals surface area (Å²) in [6.45, 7) is 3.72. The molecule has 0 radical (unpaired) electrons. The molecule has 2 aliphatic rings. The highest BCUT2D eigenvalue weighted by atomic mass is 19.4. The van der Waals surface area contributed by atoms with Crippen LogP contribution in [0.15, 0.2) is 6.20 Å². The van der Waals surface area contributed by atoms with E-state index in [1.807, 2.05) is 0 Å². The molecule has 3 rings (SSSR count). The number of halogens is 3. The Hall–Kier alpha value is -1.70. The number of hydrogen-bond donors (Lipinski definition) is 1. The number of nitrogens with zero attached hydrogens (tertiary/aromatic N) is 3. The van der Waals surface area contributed by atoms with E-state index in [0.717, 1.165) is 32.1 Å². The zero-order valence-corrected chi connectivity index (χ0v) is 12.2. The van der Waals surface area contributed by atoms with Crippen LogP contribution in [0.25, 0.3) is 0 Å². The number of carbonyl (C=O) groups excluding carboxylic acids is 1. The summed E-state index contributed by atoms with van der Waals surface area (Å²) in [7, 11) is 0. The maximum Gasteiger partial charge on any atom is 0.451 e. The third kappa shape index (κ3) is 2.67. The van der Waals surface area contributed by atoms with Gasteiger partial charge in [0.05, 0.1) is 0 Å². The van der Waals surface area contributed by atoms with Crippen molar-refractivity contribution in [3.05, 3.63) is 17.6 Å². The first-order valence-electron chi connectivity index (χ1n) is 7.23. The molecule has 0 atom stereocenters. The fourth-order valence-corrected chi connectivity index (χ4v) is 3.22. The van der Waals surface area contributed by atoms with Gasteiger partial charge in [-0.1, -0.05) is 0 Å². The Bertz CT molecular complexity index is 596. The molecular formula is C14H17F3N4O. The van der Waals surface area contributed by atoms with E-state index >= 15 is 0 Å². The monoisotopic (exact) mass is 314 g/mol. The second kappa shape index (κ2) is 5.19. The highest BCUT2D eigenvalue weighted by Gasteiger charge is 2.45. The summed E-state index contributed by atoms with van der Waals surface area (Å²) in [6.07, 6.45) is -1.40. The summed E-state index contributed by atoms with van der Waals surface area (Å²) in [5, 5.41) is 3.24. The van der Waals surface area contributed by atoms with Crippen molar-refractivity contribution in [2.45, 2.75) is 32.4 Å². The van der Waals surface area contributed by atoms with E-state index < -0.39 is 12.0 Å². The Labute approximate surface area is 125 Å². The molecule has 1 spiro atoms. The quantitative estimate of drug-likeness (QED) is 0.860. The third-order valence-electron chi connectivity index (χ3n) is 4.44. The van der Waals surface area contributed by atoms with Gasteiger partial charge in [0.2, 0.25) is 11.7 Å². The minimum atomic E-state index is -4.61. The lowest BCUT2D eigenvalue weighted by atomic mass is 9.78. The van der Waals surface area contributed by atoms with Crippen LogP contribution in [0, 0.1) is 12.3 Å². The van der Waals surface area contributed by atoms with Gasteiger partial charge in [-0.25, -0.2) is 9.97 Å². The maximum absolute atomic E-state index is 12.8. The van der Waals surface area contributed by atoms with Crippen LogP contribution >= 0.6 is 0 Å². The number of carbonyl (C=O) groups is 1. The molecule has 2 fully saturated rings.